The molecule has 1 rings (SSSR count). The topological polar surface area (TPSA) is 20.3 Å². The van der Waals surface area contributed by atoms with Crippen LogP contribution in [-0.2, 0) is 4.79 Å². The summed E-state index contributed by atoms with van der Waals surface area (Å²) in [4.78, 5) is 14.3. The number of rotatable bonds is 5. The summed E-state index contributed by atoms with van der Waals surface area (Å²) in [5.74, 6) is 1.64. The average molecular weight is 310 g/mol. The van der Waals surface area contributed by atoms with Crippen molar-refractivity contribution in [2.24, 2.45) is 22.7 Å². The molecule has 2 heteroatoms. The number of likely N-dealkylation sites (tertiary alicyclic amines) is 1. The number of hydrogen-bond acceptors (Lipinski definition) is 2. The minimum Gasteiger partial charge on any atom is -0.299 e. The van der Waals surface area contributed by atoms with Crippen LogP contribution in [0.15, 0.2) is 0 Å². The molecule has 0 amide bonds. The van der Waals surface area contributed by atoms with Gasteiger partial charge in [-0.25, -0.2) is 0 Å². The van der Waals surface area contributed by atoms with E-state index in [1.54, 1.807) is 6.92 Å². The molecule has 0 aliphatic carbocycles. The van der Waals surface area contributed by atoms with Crippen molar-refractivity contribution in [2.45, 2.75) is 87.1 Å². The Morgan fingerprint density at radius 1 is 1.05 bits per heavy atom. The van der Waals surface area contributed by atoms with E-state index < -0.39 is 0 Å². The third kappa shape index (κ3) is 3.93. The van der Waals surface area contributed by atoms with Gasteiger partial charge in [0, 0.05) is 12.6 Å². The van der Waals surface area contributed by atoms with Crippen molar-refractivity contribution in [1.29, 1.82) is 0 Å². The maximum Gasteiger partial charge on any atom is 0.143 e. The van der Waals surface area contributed by atoms with Gasteiger partial charge in [-0.1, -0.05) is 61.3 Å². The van der Waals surface area contributed by atoms with E-state index in [1.165, 1.54) is 19.3 Å². The summed E-state index contributed by atoms with van der Waals surface area (Å²) in [6.45, 7) is 20.2. The van der Waals surface area contributed by atoms with Gasteiger partial charge in [0.05, 0.1) is 6.54 Å². The Hall–Kier alpha value is -0.370. The minimum absolute atomic E-state index is 0.283. The lowest BCUT2D eigenvalue weighted by molar-refractivity contribution is -0.121. The summed E-state index contributed by atoms with van der Waals surface area (Å²) < 4.78 is 0. The van der Waals surface area contributed by atoms with Crippen molar-refractivity contribution in [2.75, 3.05) is 13.1 Å². The van der Waals surface area contributed by atoms with E-state index in [2.05, 4.69) is 53.4 Å². The third-order valence-corrected chi connectivity index (χ3v) is 6.76. The molecular formula is C20H39NO. The lowest BCUT2D eigenvalue weighted by atomic mass is 9.55. The molecule has 1 fully saturated rings. The monoisotopic (exact) mass is 309 g/mol. The Bertz CT molecular complexity index is 372. The van der Waals surface area contributed by atoms with Gasteiger partial charge in [-0.3, -0.25) is 9.69 Å². The smallest absolute Gasteiger partial charge is 0.143 e. The quantitative estimate of drug-likeness (QED) is 0.698. The van der Waals surface area contributed by atoms with Gasteiger partial charge in [0.2, 0.25) is 0 Å². The molecule has 0 N–H and O–H groups in total. The summed E-state index contributed by atoms with van der Waals surface area (Å²) in [5, 5.41) is 0. The van der Waals surface area contributed by atoms with Crippen LogP contribution in [0.1, 0.15) is 81.1 Å². The molecular weight excluding hydrogens is 270 g/mol. The molecule has 0 aromatic heterocycles. The fourth-order valence-electron chi connectivity index (χ4n) is 4.82. The van der Waals surface area contributed by atoms with Gasteiger partial charge in [0.15, 0.2) is 0 Å². The number of carbonyl (C=O) groups is 1. The van der Waals surface area contributed by atoms with Gasteiger partial charge < -0.3 is 0 Å². The van der Waals surface area contributed by atoms with Crippen molar-refractivity contribution >= 4 is 5.78 Å². The third-order valence-electron chi connectivity index (χ3n) is 6.76. The Morgan fingerprint density at radius 3 is 2.05 bits per heavy atom. The summed E-state index contributed by atoms with van der Waals surface area (Å²) in [6, 6.07) is 0.525. The molecule has 1 aliphatic rings. The molecule has 3 unspecified atom stereocenters. The SMILES string of the molecule is CCC1CN(CC(C)=O)C(CC)C(CC)C(C)(C)C(C)(C)C1. The lowest BCUT2D eigenvalue weighted by Crippen LogP contribution is -2.55. The van der Waals surface area contributed by atoms with Crippen LogP contribution in [0.3, 0.4) is 0 Å². The van der Waals surface area contributed by atoms with Crippen LogP contribution < -0.4 is 0 Å². The van der Waals surface area contributed by atoms with Gasteiger partial charge in [0.25, 0.3) is 0 Å². The molecule has 22 heavy (non-hydrogen) atoms. The average Bonchev–Trinajstić information content (AvgIpc) is 2.40. The minimum atomic E-state index is 0.283. The number of nitrogens with zero attached hydrogens (tertiary/aromatic N) is 1. The van der Waals surface area contributed by atoms with Crippen LogP contribution in [0.25, 0.3) is 0 Å². The highest BCUT2D eigenvalue weighted by atomic mass is 16.1. The second-order valence-electron chi connectivity index (χ2n) is 8.71. The van der Waals surface area contributed by atoms with Gasteiger partial charge in [-0.05, 0) is 42.4 Å². The number of hydrogen-bond donors (Lipinski definition) is 0. The first-order valence-electron chi connectivity index (χ1n) is 9.34. The van der Waals surface area contributed by atoms with Crippen LogP contribution in [0.4, 0.5) is 0 Å². The van der Waals surface area contributed by atoms with E-state index in [0.29, 0.717) is 35.6 Å². The van der Waals surface area contributed by atoms with Crippen LogP contribution in [0, 0.1) is 22.7 Å². The van der Waals surface area contributed by atoms with Crippen LogP contribution in [0.5, 0.6) is 0 Å². The standard InChI is InChI=1S/C20H39NO/c1-9-16-12-19(5,6)20(7,8)17(10-2)18(11-3)21(14-16)13-15(4)22/h16-18H,9-14H2,1-8H3. The van der Waals surface area contributed by atoms with Crippen molar-refractivity contribution < 1.29 is 4.79 Å². The Labute approximate surface area is 139 Å². The van der Waals surface area contributed by atoms with Gasteiger partial charge in [-0.15, -0.1) is 0 Å². The zero-order chi connectivity index (χ0) is 17.1. The van der Waals surface area contributed by atoms with Crippen molar-refractivity contribution in [3.8, 4) is 0 Å². The normalized spacial score (nSPS) is 32.3. The summed E-state index contributed by atoms with van der Waals surface area (Å²) in [6.07, 6.45) is 4.81. The Morgan fingerprint density at radius 2 is 1.64 bits per heavy atom. The number of carbonyl (C=O) groups excluding carboxylic acids is 1. The van der Waals surface area contributed by atoms with Crippen LogP contribution in [-0.4, -0.2) is 29.8 Å². The first-order valence-corrected chi connectivity index (χ1v) is 9.34. The molecule has 0 saturated carbocycles. The highest BCUT2D eigenvalue weighted by molar-refractivity contribution is 5.77. The largest absolute Gasteiger partial charge is 0.299 e. The molecule has 0 spiro atoms. The predicted molar refractivity (Wildman–Crippen MR) is 96.1 cm³/mol. The fourth-order valence-corrected chi connectivity index (χ4v) is 4.82. The maximum atomic E-state index is 11.8. The number of Topliss-reactive ketones (excluding diaryl/α,β-unsaturated/α-hetero) is 1. The molecule has 130 valence electrons. The molecule has 2 nitrogen and oxygen atoms in total. The zero-order valence-electron chi connectivity index (χ0n) is 16.3. The van der Waals surface area contributed by atoms with Crippen molar-refractivity contribution in [1.82, 2.24) is 4.90 Å². The lowest BCUT2D eigenvalue weighted by Gasteiger charge is -2.55. The van der Waals surface area contributed by atoms with Gasteiger partial charge >= 0.3 is 0 Å². The highest BCUT2D eigenvalue weighted by Crippen LogP contribution is 2.53. The fraction of sp³-hybridized carbons (Fsp3) is 0.950. The first-order chi connectivity index (χ1) is 10.1. The van der Waals surface area contributed by atoms with Gasteiger partial charge in [-0.2, -0.15) is 0 Å². The molecule has 1 aliphatic heterocycles. The molecule has 0 bridgehead atoms. The highest BCUT2D eigenvalue weighted by Gasteiger charge is 2.48. The summed E-state index contributed by atoms with van der Waals surface area (Å²) in [7, 11) is 0. The first kappa shape index (κ1) is 19.7. The predicted octanol–water partition coefficient (Wildman–Crippen LogP) is 5.16. The number of ketones is 1. The second kappa shape index (κ2) is 7.47. The van der Waals surface area contributed by atoms with E-state index in [4.69, 9.17) is 0 Å². The van der Waals surface area contributed by atoms with Gasteiger partial charge in [0.1, 0.15) is 5.78 Å². The summed E-state index contributed by atoms with van der Waals surface area (Å²) >= 11 is 0. The molecule has 1 heterocycles. The zero-order valence-corrected chi connectivity index (χ0v) is 16.3. The molecule has 3 atom stereocenters. The van der Waals surface area contributed by atoms with Crippen molar-refractivity contribution in [3.63, 3.8) is 0 Å². The molecule has 0 radical (unpaired) electrons. The van der Waals surface area contributed by atoms with E-state index in [0.717, 1.165) is 13.0 Å². The van der Waals surface area contributed by atoms with E-state index in [9.17, 15) is 4.79 Å². The van der Waals surface area contributed by atoms with Crippen molar-refractivity contribution in [3.05, 3.63) is 0 Å². The maximum absolute atomic E-state index is 11.8. The van der Waals surface area contributed by atoms with E-state index in [-0.39, 0.29) is 5.41 Å². The van der Waals surface area contributed by atoms with E-state index in [1.807, 2.05) is 0 Å². The molecule has 0 aromatic rings. The Balaban J connectivity index is 3.27. The van der Waals surface area contributed by atoms with E-state index >= 15 is 0 Å². The summed E-state index contributed by atoms with van der Waals surface area (Å²) in [5.41, 5.74) is 0.620. The van der Waals surface area contributed by atoms with Crippen LogP contribution >= 0.6 is 0 Å². The Kier molecular flexibility index (Phi) is 6.68. The molecule has 0 aromatic carbocycles. The molecule has 1 saturated heterocycles. The van der Waals surface area contributed by atoms with Crippen LogP contribution in [0.2, 0.25) is 0 Å². The second-order valence-corrected chi connectivity index (χ2v) is 8.71.